The van der Waals surface area contributed by atoms with Crippen molar-refractivity contribution in [2.75, 3.05) is 18.0 Å². The van der Waals surface area contributed by atoms with Crippen LogP contribution in [-0.2, 0) is 0 Å². The van der Waals surface area contributed by atoms with Gasteiger partial charge in [0, 0.05) is 25.3 Å². The van der Waals surface area contributed by atoms with E-state index in [1.54, 1.807) is 0 Å². The first kappa shape index (κ1) is 12.9. The summed E-state index contributed by atoms with van der Waals surface area (Å²) in [6, 6.07) is 6.57. The van der Waals surface area contributed by atoms with E-state index in [-0.39, 0.29) is 5.54 Å². The van der Waals surface area contributed by atoms with Crippen LogP contribution in [0, 0.1) is 12.3 Å². The molecule has 3 heteroatoms. The van der Waals surface area contributed by atoms with Gasteiger partial charge < -0.3 is 4.90 Å². The molecule has 0 saturated carbocycles. The Bertz CT molecular complexity index is 411. The van der Waals surface area contributed by atoms with E-state index in [4.69, 9.17) is 6.42 Å². The fourth-order valence-electron chi connectivity index (χ4n) is 2.35. The number of hydrogen-bond donors (Lipinski definition) is 1. The van der Waals surface area contributed by atoms with Crippen LogP contribution in [0.3, 0.4) is 0 Å². The quantitative estimate of drug-likeness (QED) is 0.824. The highest BCUT2D eigenvalue weighted by atomic mass is 15.2. The summed E-state index contributed by atoms with van der Waals surface area (Å²) in [5.74, 6) is 3.87. The Morgan fingerprint density at radius 3 is 2.67 bits per heavy atom. The molecule has 0 bridgehead atoms. The number of nitrogens with one attached hydrogen (secondary N) is 1. The lowest BCUT2D eigenvalue weighted by Gasteiger charge is -2.36. The first-order chi connectivity index (χ1) is 8.61. The molecule has 1 saturated heterocycles. The average molecular weight is 243 g/mol. The zero-order chi connectivity index (χ0) is 13.0. The molecule has 1 N–H and O–H groups in total. The summed E-state index contributed by atoms with van der Waals surface area (Å²) in [4.78, 5) is 6.73. The van der Waals surface area contributed by atoms with E-state index in [9.17, 15) is 0 Å². The van der Waals surface area contributed by atoms with Crippen molar-refractivity contribution < 1.29 is 0 Å². The fraction of sp³-hybridized carbons (Fsp3) is 0.533. The zero-order valence-electron chi connectivity index (χ0n) is 11.2. The lowest BCUT2D eigenvalue weighted by molar-refractivity contribution is 0.348. The molecule has 2 heterocycles. The SMILES string of the molecule is C#CC(C)(C)NC1CCN(c2ccccn2)CC1. The van der Waals surface area contributed by atoms with E-state index in [0.717, 1.165) is 31.7 Å². The Labute approximate surface area is 110 Å². The minimum absolute atomic E-state index is 0.210. The number of terminal acetylenes is 1. The van der Waals surface area contributed by atoms with Crippen LogP contribution in [0.2, 0.25) is 0 Å². The third kappa shape index (κ3) is 3.24. The van der Waals surface area contributed by atoms with E-state index in [0.29, 0.717) is 6.04 Å². The second-order valence-corrected chi connectivity index (χ2v) is 5.36. The van der Waals surface area contributed by atoms with Gasteiger partial charge in [0.05, 0.1) is 5.54 Å². The maximum absolute atomic E-state index is 5.51. The molecule has 1 aliphatic rings. The molecule has 0 spiro atoms. The number of nitrogens with zero attached hydrogens (tertiary/aromatic N) is 2. The molecule has 0 atom stereocenters. The van der Waals surface area contributed by atoms with Crippen LogP contribution >= 0.6 is 0 Å². The number of pyridine rings is 1. The molecular formula is C15H21N3. The van der Waals surface area contributed by atoms with Gasteiger partial charge in [0.15, 0.2) is 0 Å². The first-order valence-electron chi connectivity index (χ1n) is 6.52. The number of rotatable bonds is 3. The molecule has 2 rings (SSSR count). The topological polar surface area (TPSA) is 28.2 Å². The predicted octanol–water partition coefficient (Wildman–Crippen LogP) is 2.05. The smallest absolute Gasteiger partial charge is 0.128 e. The van der Waals surface area contributed by atoms with Crippen LogP contribution in [0.25, 0.3) is 0 Å². The Morgan fingerprint density at radius 1 is 1.39 bits per heavy atom. The van der Waals surface area contributed by atoms with Gasteiger partial charge in [0.25, 0.3) is 0 Å². The zero-order valence-corrected chi connectivity index (χ0v) is 11.2. The summed E-state index contributed by atoms with van der Waals surface area (Å²) in [7, 11) is 0. The van der Waals surface area contributed by atoms with Gasteiger partial charge in [-0.05, 0) is 38.8 Å². The molecule has 0 aromatic carbocycles. The predicted molar refractivity (Wildman–Crippen MR) is 75.5 cm³/mol. The second kappa shape index (κ2) is 5.41. The lowest BCUT2D eigenvalue weighted by Crippen LogP contribution is -2.50. The van der Waals surface area contributed by atoms with Gasteiger partial charge in [0.2, 0.25) is 0 Å². The Kier molecular flexibility index (Phi) is 3.88. The number of hydrogen-bond acceptors (Lipinski definition) is 3. The van der Waals surface area contributed by atoms with Crippen molar-refractivity contribution >= 4 is 5.82 Å². The van der Waals surface area contributed by atoms with Crippen LogP contribution in [0.4, 0.5) is 5.82 Å². The van der Waals surface area contributed by atoms with Crippen molar-refractivity contribution in [1.82, 2.24) is 10.3 Å². The highest BCUT2D eigenvalue weighted by molar-refractivity contribution is 5.38. The molecule has 0 amide bonds. The Morgan fingerprint density at radius 2 is 2.11 bits per heavy atom. The average Bonchev–Trinajstić information content (AvgIpc) is 2.40. The van der Waals surface area contributed by atoms with Crippen LogP contribution in [0.1, 0.15) is 26.7 Å². The molecule has 1 aromatic heterocycles. The van der Waals surface area contributed by atoms with Gasteiger partial charge in [-0.2, -0.15) is 0 Å². The highest BCUT2D eigenvalue weighted by Gasteiger charge is 2.24. The van der Waals surface area contributed by atoms with E-state index >= 15 is 0 Å². The molecular weight excluding hydrogens is 222 g/mol. The highest BCUT2D eigenvalue weighted by Crippen LogP contribution is 2.18. The molecule has 1 fully saturated rings. The van der Waals surface area contributed by atoms with Gasteiger partial charge in [-0.1, -0.05) is 12.0 Å². The van der Waals surface area contributed by atoms with Gasteiger partial charge in [-0.15, -0.1) is 6.42 Å². The second-order valence-electron chi connectivity index (χ2n) is 5.36. The van der Waals surface area contributed by atoms with Gasteiger partial charge in [-0.3, -0.25) is 5.32 Å². The van der Waals surface area contributed by atoms with E-state index in [2.05, 4.69) is 41.0 Å². The van der Waals surface area contributed by atoms with Gasteiger partial charge in [-0.25, -0.2) is 4.98 Å². The molecule has 18 heavy (non-hydrogen) atoms. The van der Waals surface area contributed by atoms with Crippen molar-refractivity contribution in [1.29, 1.82) is 0 Å². The fourth-order valence-corrected chi connectivity index (χ4v) is 2.35. The number of piperidine rings is 1. The monoisotopic (exact) mass is 243 g/mol. The minimum atomic E-state index is -0.210. The van der Waals surface area contributed by atoms with Crippen LogP contribution in [0.15, 0.2) is 24.4 Å². The third-order valence-corrected chi connectivity index (χ3v) is 3.39. The Balaban J connectivity index is 1.88. The van der Waals surface area contributed by atoms with E-state index < -0.39 is 0 Å². The van der Waals surface area contributed by atoms with Crippen LogP contribution < -0.4 is 10.2 Å². The number of anilines is 1. The first-order valence-corrected chi connectivity index (χ1v) is 6.52. The molecule has 0 unspecified atom stereocenters. The third-order valence-electron chi connectivity index (χ3n) is 3.39. The maximum Gasteiger partial charge on any atom is 0.128 e. The molecule has 3 nitrogen and oxygen atoms in total. The van der Waals surface area contributed by atoms with Gasteiger partial charge in [0.1, 0.15) is 5.82 Å². The largest absolute Gasteiger partial charge is 0.357 e. The number of aromatic nitrogens is 1. The van der Waals surface area contributed by atoms with Crippen molar-refractivity contribution in [3.05, 3.63) is 24.4 Å². The molecule has 0 aliphatic carbocycles. The van der Waals surface area contributed by atoms with Crippen molar-refractivity contribution in [2.45, 2.75) is 38.3 Å². The normalized spacial score (nSPS) is 17.5. The van der Waals surface area contributed by atoms with Crippen molar-refractivity contribution in [2.24, 2.45) is 0 Å². The van der Waals surface area contributed by atoms with E-state index in [1.165, 1.54) is 0 Å². The van der Waals surface area contributed by atoms with Crippen molar-refractivity contribution in [3.63, 3.8) is 0 Å². The summed E-state index contributed by atoms with van der Waals surface area (Å²) in [6.07, 6.45) is 9.58. The lowest BCUT2D eigenvalue weighted by atomic mass is 9.99. The van der Waals surface area contributed by atoms with Crippen LogP contribution in [0.5, 0.6) is 0 Å². The standard InChI is InChI=1S/C15H21N3/c1-4-15(2,3)17-13-8-11-18(12-9-13)14-7-5-6-10-16-14/h1,5-7,10,13,17H,8-9,11-12H2,2-3H3. The molecule has 1 aliphatic heterocycles. The Hall–Kier alpha value is -1.53. The molecule has 0 radical (unpaired) electrons. The van der Waals surface area contributed by atoms with Crippen LogP contribution in [-0.4, -0.2) is 29.7 Å². The molecule has 1 aromatic rings. The summed E-state index contributed by atoms with van der Waals surface area (Å²) in [5.41, 5.74) is -0.210. The summed E-state index contributed by atoms with van der Waals surface area (Å²) in [5, 5.41) is 3.53. The maximum atomic E-state index is 5.51. The minimum Gasteiger partial charge on any atom is -0.357 e. The summed E-state index contributed by atoms with van der Waals surface area (Å²) in [6.45, 7) is 6.18. The van der Waals surface area contributed by atoms with E-state index in [1.807, 2.05) is 18.3 Å². The van der Waals surface area contributed by atoms with Crippen molar-refractivity contribution in [3.8, 4) is 12.3 Å². The summed E-state index contributed by atoms with van der Waals surface area (Å²) >= 11 is 0. The molecule has 96 valence electrons. The summed E-state index contributed by atoms with van der Waals surface area (Å²) < 4.78 is 0. The van der Waals surface area contributed by atoms with Gasteiger partial charge >= 0.3 is 0 Å².